The Morgan fingerprint density at radius 2 is 1.62 bits per heavy atom. The molecule has 1 heterocycles. The van der Waals surface area contributed by atoms with Crippen LogP contribution in [-0.2, 0) is 14.8 Å². The predicted molar refractivity (Wildman–Crippen MR) is 129 cm³/mol. The van der Waals surface area contributed by atoms with E-state index in [9.17, 15) is 13.2 Å². The quantitative estimate of drug-likeness (QED) is 0.492. The molecule has 0 radical (unpaired) electrons. The van der Waals surface area contributed by atoms with E-state index in [0.29, 0.717) is 48.3 Å². The van der Waals surface area contributed by atoms with Crippen LogP contribution in [0.2, 0.25) is 0 Å². The van der Waals surface area contributed by atoms with Gasteiger partial charge in [-0.15, -0.1) is 0 Å². The zero-order valence-electron chi connectivity index (χ0n) is 18.7. The third kappa shape index (κ3) is 5.79. The third-order valence-corrected chi connectivity index (χ3v) is 6.50. The Kier molecular flexibility index (Phi) is 7.22. The van der Waals surface area contributed by atoms with E-state index < -0.39 is 16.1 Å². The fourth-order valence-electron chi connectivity index (χ4n) is 3.35. The lowest BCUT2D eigenvalue weighted by Gasteiger charge is -2.17. The molecule has 3 aromatic carbocycles. The van der Waals surface area contributed by atoms with Gasteiger partial charge in [-0.2, -0.15) is 0 Å². The molecule has 0 bridgehead atoms. The van der Waals surface area contributed by atoms with Gasteiger partial charge in [0.05, 0.1) is 18.1 Å². The summed E-state index contributed by atoms with van der Waals surface area (Å²) >= 11 is 0. The van der Waals surface area contributed by atoms with Gasteiger partial charge >= 0.3 is 0 Å². The van der Waals surface area contributed by atoms with E-state index >= 15 is 0 Å². The van der Waals surface area contributed by atoms with Gasteiger partial charge in [0.25, 0.3) is 15.9 Å². The van der Waals surface area contributed by atoms with Gasteiger partial charge in [-0.05, 0) is 55.0 Å². The van der Waals surface area contributed by atoms with E-state index in [4.69, 9.17) is 14.2 Å². The standard InChI is InChI=1S/C25H26N2O6S/c1-2-22(33-20-7-4-3-5-8-20)25(28)26-18-9-11-19(12-10-18)27-34(29,30)21-13-14-23-24(17-21)32-16-6-15-31-23/h3-5,7-14,17,22,27H,2,6,15-16H2,1H3,(H,26,28). The SMILES string of the molecule is CCC(Oc1ccccc1)C(=O)Nc1ccc(NS(=O)(=O)c2ccc3c(c2)OCCCO3)cc1. The van der Waals surface area contributed by atoms with Crippen molar-refractivity contribution in [2.75, 3.05) is 23.3 Å². The van der Waals surface area contributed by atoms with Crippen LogP contribution in [0.5, 0.6) is 17.2 Å². The maximum Gasteiger partial charge on any atom is 0.265 e. The second-order valence-electron chi connectivity index (χ2n) is 7.66. The Morgan fingerprint density at radius 3 is 2.32 bits per heavy atom. The van der Waals surface area contributed by atoms with Crippen LogP contribution in [0.4, 0.5) is 11.4 Å². The number of hydrogen-bond donors (Lipinski definition) is 2. The molecular weight excluding hydrogens is 456 g/mol. The first-order valence-electron chi connectivity index (χ1n) is 11.0. The molecule has 4 rings (SSSR count). The van der Waals surface area contributed by atoms with Gasteiger partial charge in [-0.25, -0.2) is 8.42 Å². The van der Waals surface area contributed by atoms with Crippen molar-refractivity contribution in [3.63, 3.8) is 0 Å². The lowest BCUT2D eigenvalue weighted by molar-refractivity contribution is -0.122. The highest BCUT2D eigenvalue weighted by atomic mass is 32.2. The summed E-state index contributed by atoms with van der Waals surface area (Å²) in [5, 5.41) is 2.80. The Hall–Kier alpha value is -3.72. The van der Waals surface area contributed by atoms with E-state index in [1.165, 1.54) is 12.1 Å². The third-order valence-electron chi connectivity index (χ3n) is 5.12. The molecule has 0 spiro atoms. The number of ether oxygens (including phenoxy) is 3. The molecule has 34 heavy (non-hydrogen) atoms. The van der Waals surface area contributed by atoms with Crippen LogP contribution in [0.15, 0.2) is 77.7 Å². The first-order chi connectivity index (χ1) is 16.4. The van der Waals surface area contributed by atoms with Crippen molar-refractivity contribution in [1.82, 2.24) is 0 Å². The number of carbonyl (C=O) groups excluding carboxylic acids is 1. The molecule has 1 aliphatic heterocycles. The normalized spacial score (nSPS) is 13.9. The number of nitrogens with one attached hydrogen (secondary N) is 2. The van der Waals surface area contributed by atoms with Gasteiger partial charge in [0, 0.05) is 23.9 Å². The summed E-state index contributed by atoms with van der Waals surface area (Å²) in [6.07, 6.45) is 0.573. The topological polar surface area (TPSA) is 103 Å². The van der Waals surface area contributed by atoms with Crippen molar-refractivity contribution in [2.45, 2.75) is 30.8 Å². The van der Waals surface area contributed by atoms with E-state index in [2.05, 4.69) is 10.0 Å². The summed E-state index contributed by atoms with van der Waals surface area (Å²) in [7, 11) is -3.84. The molecule has 1 unspecified atom stereocenters. The molecule has 0 saturated heterocycles. The predicted octanol–water partition coefficient (Wildman–Crippen LogP) is 4.44. The van der Waals surface area contributed by atoms with Gasteiger partial charge < -0.3 is 19.5 Å². The van der Waals surface area contributed by atoms with Crippen LogP contribution >= 0.6 is 0 Å². The monoisotopic (exact) mass is 482 g/mol. The van der Waals surface area contributed by atoms with Crippen molar-refractivity contribution in [2.24, 2.45) is 0 Å². The molecule has 3 aromatic rings. The summed E-state index contributed by atoms with van der Waals surface area (Å²) in [5.41, 5.74) is 0.885. The van der Waals surface area contributed by atoms with Crippen LogP contribution < -0.4 is 24.2 Å². The number of anilines is 2. The second kappa shape index (κ2) is 10.5. The highest BCUT2D eigenvalue weighted by Gasteiger charge is 2.20. The van der Waals surface area contributed by atoms with E-state index in [1.54, 1.807) is 42.5 Å². The Balaban J connectivity index is 1.40. The molecule has 1 atom stereocenters. The smallest absolute Gasteiger partial charge is 0.265 e. The zero-order valence-corrected chi connectivity index (χ0v) is 19.5. The van der Waals surface area contributed by atoms with Gasteiger partial charge in [0.1, 0.15) is 5.75 Å². The van der Waals surface area contributed by atoms with Gasteiger partial charge in [0.2, 0.25) is 0 Å². The fraction of sp³-hybridized carbons (Fsp3) is 0.240. The van der Waals surface area contributed by atoms with E-state index in [1.807, 2.05) is 25.1 Å². The highest BCUT2D eigenvalue weighted by Crippen LogP contribution is 2.32. The largest absolute Gasteiger partial charge is 0.490 e. The number of sulfonamides is 1. The van der Waals surface area contributed by atoms with E-state index in [-0.39, 0.29) is 10.8 Å². The first kappa shape index (κ1) is 23.4. The maximum atomic E-state index is 12.8. The maximum absolute atomic E-state index is 12.8. The Morgan fingerprint density at radius 1 is 0.941 bits per heavy atom. The highest BCUT2D eigenvalue weighted by molar-refractivity contribution is 7.92. The molecule has 8 nitrogen and oxygen atoms in total. The average molecular weight is 483 g/mol. The van der Waals surface area contributed by atoms with Gasteiger partial charge in [0.15, 0.2) is 17.6 Å². The van der Waals surface area contributed by atoms with Crippen molar-refractivity contribution >= 4 is 27.3 Å². The molecule has 1 aliphatic rings. The number of para-hydroxylation sites is 1. The average Bonchev–Trinajstić information content (AvgIpc) is 3.09. The molecule has 2 N–H and O–H groups in total. The molecular formula is C25H26N2O6S. The van der Waals surface area contributed by atoms with Crippen molar-refractivity contribution in [3.05, 3.63) is 72.8 Å². The van der Waals surface area contributed by atoms with Crippen molar-refractivity contribution in [3.8, 4) is 17.2 Å². The molecule has 178 valence electrons. The summed E-state index contributed by atoms with van der Waals surface area (Å²) in [6.45, 7) is 2.86. The molecule has 0 aromatic heterocycles. The number of rotatable bonds is 8. The van der Waals surface area contributed by atoms with Crippen molar-refractivity contribution < 1.29 is 27.4 Å². The minimum atomic E-state index is -3.84. The first-order valence-corrected chi connectivity index (χ1v) is 12.5. The molecule has 0 saturated carbocycles. The number of benzene rings is 3. The van der Waals surface area contributed by atoms with Crippen LogP contribution in [0.25, 0.3) is 0 Å². The number of fused-ring (bicyclic) bond motifs is 1. The summed E-state index contributed by atoms with van der Waals surface area (Å²) in [4.78, 5) is 12.7. The van der Waals surface area contributed by atoms with E-state index in [0.717, 1.165) is 6.42 Å². The number of amides is 1. The summed E-state index contributed by atoms with van der Waals surface area (Å²) in [6, 6.07) is 20.1. The fourth-order valence-corrected chi connectivity index (χ4v) is 4.43. The zero-order chi connectivity index (χ0) is 24.0. The molecule has 0 aliphatic carbocycles. The van der Waals surface area contributed by atoms with Crippen LogP contribution in [0, 0.1) is 0 Å². The van der Waals surface area contributed by atoms with Crippen LogP contribution in [0.1, 0.15) is 19.8 Å². The lowest BCUT2D eigenvalue weighted by Crippen LogP contribution is -2.32. The minimum absolute atomic E-state index is 0.0676. The molecule has 1 amide bonds. The Bertz CT molecular complexity index is 1230. The van der Waals surface area contributed by atoms with Crippen molar-refractivity contribution in [1.29, 1.82) is 0 Å². The summed E-state index contributed by atoms with van der Waals surface area (Å²) in [5.74, 6) is 1.26. The summed E-state index contributed by atoms with van der Waals surface area (Å²) < 4.78 is 45.1. The van der Waals surface area contributed by atoms with Crippen LogP contribution in [0.3, 0.4) is 0 Å². The minimum Gasteiger partial charge on any atom is -0.490 e. The lowest BCUT2D eigenvalue weighted by atomic mass is 10.2. The molecule has 0 fully saturated rings. The Labute approximate surface area is 198 Å². The second-order valence-corrected chi connectivity index (χ2v) is 9.34. The van der Waals surface area contributed by atoms with Crippen LogP contribution in [-0.4, -0.2) is 33.6 Å². The van der Waals surface area contributed by atoms with Gasteiger partial charge in [-0.1, -0.05) is 25.1 Å². The van der Waals surface area contributed by atoms with Gasteiger partial charge in [-0.3, -0.25) is 9.52 Å². The number of carbonyl (C=O) groups is 1. The molecule has 9 heteroatoms. The number of hydrogen-bond acceptors (Lipinski definition) is 6.